The quantitative estimate of drug-likeness (QED) is 0.765. The molecular weight excluding hydrogens is 292 g/mol. The maximum absolute atomic E-state index is 11.3. The van der Waals surface area contributed by atoms with Crippen LogP contribution in [0, 0.1) is 6.92 Å². The third-order valence-electron chi connectivity index (χ3n) is 2.58. The molecule has 0 saturated heterocycles. The Morgan fingerprint density at radius 3 is 2.22 bits per heavy atom. The Balaban J connectivity index is 2.22. The third kappa shape index (κ3) is 2.99. The van der Waals surface area contributed by atoms with E-state index >= 15 is 0 Å². The fraction of sp³-hybridized carbons (Fsp3) is 0.133. The summed E-state index contributed by atoms with van der Waals surface area (Å²) in [6.07, 6.45) is 0. The second-order valence-corrected chi connectivity index (χ2v) is 4.97. The van der Waals surface area contributed by atoms with Gasteiger partial charge in [-0.15, -0.1) is 0 Å². The highest BCUT2D eigenvalue weighted by Gasteiger charge is 2.06. The Labute approximate surface area is 115 Å². The first kappa shape index (κ1) is 12.8. The van der Waals surface area contributed by atoms with Crippen molar-refractivity contribution in [1.29, 1.82) is 0 Å². The topological polar surface area (TPSA) is 26.3 Å². The van der Waals surface area contributed by atoms with E-state index in [2.05, 4.69) is 15.9 Å². The van der Waals surface area contributed by atoms with Crippen LogP contribution >= 0.6 is 15.9 Å². The minimum Gasteiger partial charge on any atom is -0.457 e. The van der Waals surface area contributed by atoms with Crippen LogP contribution < -0.4 is 4.74 Å². The van der Waals surface area contributed by atoms with Crippen LogP contribution in [0.3, 0.4) is 0 Å². The minimum absolute atomic E-state index is 0.0313. The van der Waals surface area contributed by atoms with Crippen molar-refractivity contribution < 1.29 is 9.53 Å². The van der Waals surface area contributed by atoms with E-state index in [9.17, 15) is 4.79 Å². The van der Waals surface area contributed by atoms with Gasteiger partial charge in [-0.25, -0.2) is 0 Å². The summed E-state index contributed by atoms with van der Waals surface area (Å²) in [6.45, 7) is 3.57. The van der Waals surface area contributed by atoms with E-state index in [4.69, 9.17) is 4.74 Å². The summed E-state index contributed by atoms with van der Waals surface area (Å²) in [4.78, 5) is 11.3. The number of carbonyl (C=O) groups is 1. The normalized spacial score (nSPS) is 10.2. The first-order chi connectivity index (χ1) is 8.56. The molecule has 3 heteroatoms. The van der Waals surface area contributed by atoms with E-state index < -0.39 is 0 Å². The second kappa shape index (κ2) is 5.36. The van der Waals surface area contributed by atoms with Crippen LogP contribution in [0.5, 0.6) is 11.5 Å². The molecule has 0 N–H and O–H groups in total. The van der Waals surface area contributed by atoms with Crippen LogP contribution in [0.15, 0.2) is 46.9 Å². The van der Waals surface area contributed by atoms with E-state index in [1.807, 2.05) is 31.2 Å². The van der Waals surface area contributed by atoms with Crippen molar-refractivity contribution in [2.75, 3.05) is 0 Å². The molecule has 0 aliphatic heterocycles. The molecule has 0 atom stereocenters. The third-order valence-corrected chi connectivity index (χ3v) is 3.23. The lowest BCUT2D eigenvalue weighted by atomic mass is 10.1. The first-order valence-corrected chi connectivity index (χ1v) is 6.40. The van der Waals surface area contributed by atoms with E-state index in [0.717, 1.165) is 10.2 Å². The number of carbonyl (C=O) groups excluding carboxylic acids is 1. The monoisotopic (exact) mass is 304 g/mol. The van der Waals surface area contributed by atoms with Gasteiger partial charge in [-0.2, -0.15) is 0 Å². The molecule has 0 radical (unpaired) electrons. The Morgan fingerprint density at radius 2 is 1.67 bits per heavy atom. The lowest BCUT2D eigenvalue weighted by molar-refractivity contribution is 0.101. The highest BCUT2D eigenvalue weighted by Crippen LogP contribution is 2.27. The number of benzene rings is 2. The maximum Gasteiger partial charge on any atom is 0.160 e. The number of ketones is 1. The fourth-order valence-electron chi connectivity index (χ4n) is 1.59. The Morgan fingerprint density at radius 1 is 1.06 bits per heavy atom. The smallest absolute Gasteiger partial charge is 0.160 e. The molecule has 92 valence electrons. The molecule has 2 nitrogen and oxygen atoms in total. The predicted octanol–water partition coefficient (Wildman–Crippen LogP) is 4.75. The number of hydrogen-bond donors (Lipinski definition) is 0. The summed E-state index contributed by atoms with van der Waals surface area (Å²) < 4.78 is 6.46. The number of halogens is 1. The van der Waals surface area contributed by atoms with Gasteiger partial charge < -0.3 is 4.74 Å². The summed E-state index contributed by atoms with van der Waals surface area (Å²) in [5, 5.41) is 0. The zero-order chi connectivity index (χ0) is 13.1. The van der Waals surface area contributed by atoms with Crippen LogP contribution in [0.2, 0.25) is 0 Å². The first-order valence-electron chi connectivity index (χ1n) is 5.61. The van der Waals surface area contributed by atoms with Gasteiger partial charge in [0, 0.05) is 10.0 Å². The summed E-state index contributed by atoms with van der Waals surface area (Å²) in [6, 6.07) is 13.2. The van der Waals surface area contributed by atoms with Gasteiger partial charge in [-0.05, 0) is 60.1 Å². The van der Waals surface area contributed by atoms with Crippen LogP contribution in [-0.2, 0) is 0 Å². The zero-order valence-electron chi connectivity index (χ0n) is 10.2. The van der Waals surface area contributed by atoms with Gasteiger partial charge in [0.15, 0.2) is 5.78 Å². The Hall–Kier alpha value is -1.61. The van der Waals surface area contributed by atoms with Crippen molar-refractivity contribution in [2.24, 2.45) is 0 Å². The molecule has 0 unspecified atom stereocenters. The lowest BCUT2D eigenvalue weighted by Gasteiger charge is -2.08. The molecule has 2 rings (SSSR count). The summed E-state index contributed by atoms with van der Waals surface area (Å²) in [7, 11) is 0. The molecule has 0 aliphatic carbocycles. The average molecular weight is 305 g/mol. The standard InChI is InChI=1S/C15H13BrO2/c1-10-3-5-12(6-4-10)18-13-7-8-14(11(2)17)15(16)9-13/h3-9H,1-2H3. The molecule has 0 bridgehead atoms. The van der Waals surface area contributed by atoms with Gasteiger partial charge in [0.2, 0.25) is 0 Å². The van der Waals surface area contributed by atoms with Gasteiger partial charge >= 0.3 is 0 Å². The fourth-order valence-corrected chi connectivity index (χ4v) is 2.22. The highest BCUT2D eigenvalue weighted by molar-refractivity contribution is 9.10. The molecule has 0 saturated carbocycles. The highest BCUT2D eigenvalue weighted by atomic mass is 79.9. The Kier molecular flexibility index (Phi) is 3.82. The summed E-state index contributed by atoms with van der Waals surface area (Å²) >= 11 is 3.37. The molecule has 2 aromatic carbocycles. The van der Waals surface area contributed by atoms with Crippen molar-refractivity contribution in [3.05, 3.63) is 58.1 Å². The molecule has 0 heterocycles. The van der Waals surface area contributed by atoms with Crippen LogP contribution in [0.25, 0.3) is 0 Å². The molecule has 0 aliphatic rings. The molecule has 0 amide bonds. The summed E-state index contributed by atoms with van der Waals surface area (Å²) in [5.41, 5.74) is 1.85. The van der Waals surface area contributed by atoms with Crippen molar-refractivity contribution in [2.45, 2.75) is 13.8 Å². The molecular formula is C15H13BrO2. The van der Waals surface area contributed by atoms with Gasteiger partial charge in [0.1, 0.15) is 11.5 Å². The SMILES string of the molecule is CC(=O)c1ccc(Oc2ccc(C)cc2)cc1Br. The van der Waals surface area contributed by atoms with Crippen molar-refractivity contribution in [3.63, 3.8) is 0 Å². The number of aryl methyl sites for hydroxylation is 1. The number of hydrogen-bond acceptors (Lipinski definition) is 2. The largest absolute Gasteiger partial charge is 0.457 e. The van der Waals surface area contributed by atoms with Crippen LogP contribution in [0.4, 0.5) is 0 Å². The number of ether oxygens (including phenoxy) is 1. The predicted molar refractivity (Wildman–Crippen MR) is 75.4 cm³/mol. The number of rotatable bonds is 3. The van der Waals surface area contributed by atoms with Gasteiger partial charge in [0.25, 0.3) is 0 Å². The zero-order valence-corrected chi connectivity index (χ0v) is 11.8. The van der Waals surface area contributed by atoms with Gasteiger partial charge in [-0.3, -0.25) is 4.79 Å². The average Bonchev–Trinajstić information content (AvgIpc) is 2.32. The molecule has 0 fully saturated rings. The lowest BCUT2D eigenvalue weighted by Crippen LogP contribution is -1.94. The number of Topliss-reactive ketones (excluding diaryl/α,β-unsaturated/α-hetero) is 1. The van der Waals surface area contributed by atoms with Crippen LogP contribution in [0.1, 0.15) is 22.8 Å². The van der Waals surface area contributed by atoms with Gasteiger partial charge in [-0.1, -0.05) is 17.7 Å². The van der Waals surface area contributed by atoms with E-state index in [0.29, 0.717) is 11.3 Å². The van der Waals surface area contributed by atoms with Crippen molar-refractivity contribution in [1.82, 2.24) is 0 Å². The molecule has 0 spiro atoms. The molecule has 2 aromatic rings. The second-order valence-electron chi connectivity index (χ2n) is 4.11. The van der Waals surface area contributed by atoms with Gasteiger partial charge in [0.05, 0.1) is 0 Å². The minimum atomic E-state index is 0.0313. The molecule has 0 aromatic heterocycles. The summed E-state index contributed by atoms with van der Waals surface area (Å²) in [5.74, 6) is 1.52. The van der Waals surface area contributed by atoms with E-state index in [1.54, 1.807) is 25.1 Å². The van der Waals surface area contributed by atoms with Crippen molar-refractivity contribution >= 4 is 21.7 Å². The Bertz CT molecular complexity index is 574. The van der Waals surface area contributed by atoms with E-state index in [-0.39, 0.29) is 5.78 Å². The maximum atomic E-state index is 11.3. The van der Waals surface area contributed by atoms with E-state index in [1.165, 1.54) is 5.56 Å². The van der Waals surface area contributed by atoms with Crippen molar-refractivity contribution in [3.8, 4) is 11.5 Å². The van der Waals surface area contributed by atoms with Crippen LogP contribution in [-0.4, -0.2) is 5.78 Å². The molecule has 18 heavy (non-hydrogen) atoms.